The van der Waals surface area contributed by atoms with Crippen molar-refractivity contribution < 1.29 is 4.74 Å². The fourth-order valence-electron chi connectivity index (χ4n) is 3.20. The van der Waals surface area contributed by atoms with E-state index in [-0.39, 0.29) is 0 Å². The quantitative estimate of drug-likeness (QED) is 0.474. The molecule has 28 heavy (non-hydrogen) atoms. The third-order valence-electron chi connectivity index (χ3n) is 4.89. The Kier molecular flexibility index (Phi) is 7.10. The molecular weight excluding hydrogens is 344 g/mol. The van der Waals surface area contributed by atoms with Crippen LogP contribution in [-0.4, -0.2) is 31.6 Å². The molecule has 3 nitrogen and oxygen atoms in total. The number of aryl methyl sites for hydroxylation is 1. The monoisotopic (exact) mass is 374 g/mol. The molecule has 146 valence electrons. The van der Waals surface area contributed by atoms with Gasteiger partial charge < -0.3 is 14.5 Å². The van der Waals surface area contributed by atoms with Crippen LogP contribution in [0.4, 0.5) is 5.69 Å². The Morgan fingerprint density at radius 2 is 1.36 bits per heavy atom. The molecule has 3 aromatic rings. The zero-order chi connectivity index (χ0) is 19.8. The second-order valence-electron chi connectivity index (χ2n) is 7.21. The molecule has 0 saturated carbocycles. The van der Waals surface area contributed by atoms with Gasteiger partial charge in [-0.05, 0) is 62.9 Å². The van der Waals surface area contributed by atoms with Crippen LogP contribution in [0, 0.1) is 6.92 Å². The van der Waals surface area contributed by atoms with E-state index in [2.05, 4.69) is 85.3 Å². The van der Waals surface area contributed by atoms with E-state index in [0.29, 0.717) is 0 Å². The van der Waals surface area contributed by atoms with Crippen molar-refractivity contribution in [2.24, 2.45) is 0 Å². The lowest BCUT2D eigenvalue weighted by Gasteiger charge is -2.26. The largest absolute Gasteiger partial charge is 0.457 e. The minimum atomic E-state index is 0.871. The van der Waals surface area contributed by atoms with Crippen LogP contribution in [0.25, 0.3) is 0 Å². The van der Waals surface area contributed by atoms with Gasteiger partial charge in [0.2, 0.25) is 0 Å². The minimum Gasteiger partial charge on any atom is -0.457 e. The summed E-state index contributed by atoms with van der Waals surface area (Å²) >= 11 is 0. The first-order valence-corrected chi connectivity index (χ1v) is 9.96. The number of nitrogens with zero attached hydrogens (tertiary/aromatic N) is 2. The highest BCUT2D eigenvalue weighted by molar-refractivity contribution is 5.45. The van der Waals surface area contributed by atoms with Crippen molar-refractivity contribution in [1.29, 1.82) is 0 Å². The Bertz CT molecular complexity index is 829. The molecule has 0 radical (unpaired) electrons. The molecule has 0 saturated heterocycles. The fourth-order valence-corrected chi connectivity index (χ4v) is 3.20. The van der Waals surface area contributed by atoms with Crippen molar-refractivity contribution in [3.05, 3.63) is 90.0 Å². The molecule has 0 aromatic heterocycles. The number of hydrogen-bond acceptors (Lipinski definition) is 3. The van der Waals surface area contributed by atoms with Gasteiger partial charge in [-0.2, -0.15) is 0 Å². The molecule has 0 amide bonds. The van der Waals surface area contributed by atoms with Crippen LogP contribution in [0.5, 0.6) is 11.5 Å². The highest BCUT2D eigenvalue weighted by Gasteiger charge is 2.07. The summed E-state index contributed by atoms with van der Waals surface area (Å²) in [6.07, 6.45) is 0. The highest BCUT2D eigenvalue weighted by Crippen LogP contribution is 2.22. The predicted octanol–water partition coefficient (Wildman–Crippen LogP) is 5.75. The van der Waals surface area contributed by atoms with Crippen LogP contribution in [0.2, 0.25) is 0 Å². The van der Waals surface area contributed by atoms with Crippen LogP contribution in [-0.2, 0) is 6.54 Å². The Hall–Kier alpha value is -2.78. The Morgan fingerprint density at radius 1 is 0.750 bits per heavy atom. The number of para-hydroxylation sites is 1. The van der Waals surface area contributed by atoms with Gasteiger partial charge in [0.25, 0.3) is 0 Å². The molecule has 0 unspecified atom stereocenters. The van der Waals surface area contributed by atoms with Crippen molar-refractivity contribution in [1.82, 2.24) is 4.90 Å². The van der Waals surface area contributed by atoms with Crippen molar-refractivity contribution in [3.8, 4) is 11.5 Å². The SMILES string of the molecule is CCN(CCN(C)Cc1ccc(Oc2ccc(C)cc2)cc1)c1ccccc1. The first-order valence-electron chi connectivity index (χ1n) is 9.96. The fraction of sp³-hybridized carbons (Fsp3) is 0.280. The summed E-state index contributed by atoms with van der Waals surface area (Å²) in [6.45, 7) is 8.27. The van der Waals surface area contributed by atoms with E-state index < -0.39 is 0 Å². The van der Waals surface area contributed by atoms with Gasteiger partial charge in [0, 0.05) is 31.9 Å². The van der Waals surface area contributed by atoms with Crippen molar-refractivity contribution in [2.75, 3.05) is 31.6 Å². The van der Waals surface area contributed by atoms with E-state index in [0.717, 1.165) is 37.7 Å². The van der Waals surface area contributed by atoms with Gasteiger partial charge in [-0.25, -0.2) is 0 Å². The summed E-state index contributed by atoms with van der Waals surface area (Å²) in [4.78, 5) is 4.77. The van der Waals surface area contributed by atoms with Gasteiger partial charge in [0.15, 0.2) is 0 Å². The average Bonchev–Trinajstić information content (AvgIpc) is 2.72. The molecule has 0 spiro atoms. The van der Waals surface area contributed by atoms with Gasteiger partial charge in [0.1, 0.15) is 11.5 Å². The number of benzene rings is 3. The first kappa shape index (κ1) is 20.0. The summed E-state index contributed by atoms with van der Waals surface area (Å²) in [5.41, 5.74) is 3.82. The van der Waals surface area contributed by atoms with E-state index in [9.17, 15) is 0 Å². The Labute approximate surface area is 169 Å². The van der Waals surface area contributed by atoms with Crippen LogP contribution in [0.3, 0.4) is 0 Å². The molecule has 0 N–H and O–H groups in total. The second kappa shape index (κ2) is 9.95. The van der Waals surface area contributed by atoms with Gasteiger partial charge in [-0.15, -0.1) is 0 Å². The minimum absolute atomic E-state index is 0.871. The molecular formula is C25H30N2O. The number of likely N-dealkylation sites (N-methyl/N-ethyl adjacent to an activating group) is 2. The average molecular weight is 375 g/mol. The molecule has 0 atom stereocenters. The maximum absolute atomic E-state index is 5.92. The third-order valence-corrected chi connectivity index (χ3v) is 4.89. The van der Waals surface area contributed by atoms with E-state index in [4.69, 9.17) is 4.74 Å². The molecule has 0 fully saturated rings. The second-order valence-corrected chi connectivity index (χ2v) is 7.21. The Balaban J connectivity index is 1.49. The van der Waals surface area contributed by atoms with Crippen molar-refractivity contribution in [3.63, 3.8) is 0 Å². The van der Waals surface area contributed by atoms with Gasteiger partial charge in [-0.1, -0.05) is 48.0 Å². The maximum atomic E-state index is 5.92. The molecule has 3 rings (SSSR count). The maximum Gasteiger partial charge on any atom is 0.127 e. The number of rotatable bonds is 9. The topological polar surface area (TPSA) is 15.7 Å². The molecule has 3 aromatic carbocycles. The van der Waals surface area contributed by atoms with Gasteiger partial charge >= 0.3 is 0 Å². The third kappa shape index (κ3) is 5.86. The summed E-state index contributed by atoms with van der Waals surface area (Å²) < 4.78 is 5.92. The van der Waals surface area contributed by atoms with Crippen LogP contribution >= 0.6 is 0 Å². The predicted molar refractivity (Wildman–Crippen MR) is 118 cm³/mol. The standard InChI is InChI=1S/C25H30N2O/c1-4-27(23-8-6-5-7-9-23)19-18-26(3)20-22-12-16-25(17-13-22)28-24-14-10-21(2)11-15-24/h5-17H,4,18-20H2,1-3H3. The van der Waals surface area contributed by atoms with E-state index in [1.165, 1.54) is 16.8 Å². The van der Waals surface area contributed by atoms with Crippen LogP contribution in [0.15, 0.2) is 78.9 Å². The summed E-state index contributed by atoms with van der Waals surface area (Å²) in [7, 11) is 2.18. The van der Waals surface area contributed by atoms with E-state index >= 15 is 0 Å². The number of ether oxygens (including phenoxy) is 1. The lowest BCUT2D eigenvalue weighted by molar-refractivity contribution is 0.333. The molecule has 0 aliphatic carbocycles. The van der Waals surface area contributed by atoms with Crippen molar-refractivity contribution >= 4 is 5.69 Å². The highest BCUT2D eigenvalue weighted by atomic mass is 16.5. The number of hydrogen-bond donors (Lipinski definition) is 0. The van der Waals surface area contributed by atoms with Gasteiger partial charge in [-0.3, -0.25) is 0 Å². The molecule has 3 heteroatoms. The van der Waals surface area contributed by atoms with E-state index in [1.54, 1.807) is 0 Å². The Morgan fingerprint density at radius 3 is 1.96 bits per heavy atom. The molecule has 0 aliphatic rings. The first-order chi connectivity index (χ1) is 13.6. The summed E-state index contributed by atoms with van der Waals surface area (Å²) in [5.74, 6) is 1.74. The molecule has 0 aliphatic heterocycles. The normalized spacial score (nSPS) is 10.9. The van der Waals surface area contributed by atoms with Crippen LogP contribution in [0.1, 0.15) is 18.1 Å². The van der Waals surface area contributed by atoms with Crippen LogP contribution < -0.4 is 9.64 Å². The van der Waals surface area contributed by atoms with Crippen molar-refractivity contribution in [2.45, 2.75) is 20.4 Å². The zero-order valence-electron chi connectivity index (χ0n) is 17.1. The molecule has 0 heterocycles. The number of anilines is 1. The van der Waals surface area contributed by atoms with E-state index in [1.807, 2.05) is 24.3 Å². The van der Waals surface area contributed by atoms with Gasteiger partial charge in [0.05, 0.1) is 0 Å². The molecule has 0 bridgehead atoms. The smallest absolute Gasteiger partial charge is 0.127 e. The lowest BCUT2D eigenvalue weighted by Crippen LogP contribution is -2.32. The summed E-state index contributed by atoms with van der Waals surface area (Å²) in [6, 6.07) is 27.1. The summed E-state index contributed by atoms with van der Waals surface area (Å²) in [5, 5.41) is 0. The lowest BCUT2D eigenvalue weighted by atomic mass is 10.2. The zero-order valence-corrected chi connectivity index (χ0v) is 17.1.